The fourth-order valence-electron chi connectivity index (χ4n) is 2.33. The maximum atomic E-state index is 12.9. The monoisotopic (exact) mass is 353 g/mol. The first-order valence-corrected chi connectivity index (χ1v) is 7.26. The van der Waals surface area contributed by atoms with Crippen molar-refractivity contribution in [1.82, 2.24) is 9.38 Å². The molecule has 8 heteroatoms. The summed E-state index contributed by atoms with van der Waals surface area (Å²) in [5.41, 5.74) is 0.271. The van der Waals surface area contributed by atoms with E-state index in [2.05, 4.69) is 10.3 Å². The van der Waals surface area contributed by atoms with Crippen LogP contribution < -0.4 is 5.32 Å². The molecule has 0 radical (unpaired) electrons. The van der Waals surface area contributed by atoms with Gasteiger partial charge in [-0.3, -0.25) is 9.20 Å². The van der Waals surface area contributed by atoms with E-state index in [-0.39, 0.29) is 11.3 Å². The summed E-state index contributed by atoms with van der Waals surface area (Å²) >= 11 is 5.78. The summed E-state index contributed by atoms with van der Waals surface area (Å²) in [6, 6.07) is 8.55. The van der Waals surface area contributed by atoms with E-state index in [0.29, 0.717) is 16.4 Å². The molecule has 0 saturated heterocycles. The van der Waals surface area contributed by atoms with Crippen LogP contribution in [0.3, 0.4) is 0 Å². The highest BCUT2D eigenvalue weighted by Crippen LogP contribution is 2.30. The van der Waals surface area contributed by atoms with Gasteiger partial charge >= 0.3 is 6.18 Å². The molecule has 2 aromatic heterocycles. The molecule has 0 bridgehead atoms. The van der Waals surface area contributed by atoms with Crippen LogP contribution in [0.4, 0.5) is 18.9 Å². The molecule has 0 unspecified atom stereocenters. The van der Waals surface area contributed by atoms with Crippen LogP contribution in [0, 0.1) is 6.92 Å². The highest BCUT2D eigenvalue weighted by atomic mass is 35.5. The van der Waals surface area contributed by atoms with Gasteiger partial charge in [-0.1, -0.05) is 11.6 Å². The zero-order valence-electron chi connectivity index (χ0n) is 12.4. The van der Waals surface area contributed by atoms with Gasteiger partial charge in [-0.05, 0) is 43.3 Å². The number of anilines is 1. The Morgan fingerprint density at radius 1 is 1.17 bits per heavy atom. The van der Waals surface area contributed by atoms with Crippen molar-refractivity contribution in [2.24, 2.45) is 0 Å². The van der Waals surface area contributed by atoms with Gasteiger partial charge in [0.1, 0.15) is 11.3 Å². The smallest absolute Gasteiger partial charge is 0.321 e. The Labute approximate surface area is 139 Å². The molecule has 1 N–H and O–H groups in total. The highest BCUT2D eigenvalue weighted by Gasteiger charge is 2.31. The van der Waals surface area contributed by atoms with E-state index < -0.39 is 17.6 Å². The summed E-state index contributed by atoms with van der Waals surface area (Å²) in [4.78, 5) is 16.6. The number of rotatable bonds is 2. The van der Waals surface area contributed by atoms with Gasteiger partial charge in [-0.2, -0.15) is 13.2 Å². The van der Waals surface area contributed by atoms with Crippen molar-refractivity contribution in [2.75, 3.05) is 5.32 Å². The Morgan fingerprint density at radius 2 is 1.83 bits per heavy atom. The number of benzene rings is 1. The number of amides is 1. The molecule has 124 valence electrons. The third-order valence-corrected chi connectivity index (χ3v) is 3.69. The second kappa shape index (κ2) is 5.83. The number of hydrogen-bond donors (Lipinski definition) is 1. The van der Waals surface area contributed by atoms with Crippen molar-refractivity contribution in [3.63, 3.8) is 0 Å². The number of alkyl halides is 3. The molecule has 0 aliphatic heterocycles. The quantitative estimate of drug-likeness (QED) is 0.733. The van der Waals surface area contributed by atoms with Crippen molar-refractivity contribution in [3.05, 3.63) is 64.6 Å². The van der Waals surface area contributed by atoms with Crippen LogP contribution in [0.5, 0.6) is 0 Å². The molecule has 1 aromatic carbocycles. The van der Waals surface area contributed by atoms with Crippen LogP contribution >= 0.6 is 11.6 Å². The van der Waals surface area contributed by atoms with E-state index in [0.717, 1.165) is 16.7 Å². The van der Waals surface area contributed by atoms with Gasteiger partial charge in [-0.25, -0.2) is 4.98 Å². The number of carbonyl (C=O) groups is 1. The van der Waals surface area contributed by atoms with Gasteiger partial charge in [-0.15, -0.1) is 0 Å². The van der Waals surface area contributed by atoms with Crippen LogP contribution in [0.25, 0.3) is 5.65 Å². The van der Waals surface area contributed by atoms with E-state index in [1.165, 1.54) is 6.07 Å². The van der Waals surface area contributed by atoms with Crippen molar-refractivity contribution in [2.45, 2.75) is 13.1 Å². The lowest BCUT2D eigenvalue weighted by Gasteiger charge is -2.09. The molecule has 1 amide bonds. The maximum Gasteiger partial charge on any atom is 0.417 e. The molecule has 3 aromatic rings. The molecule has 0 aliphatic rings. The number of pyridine rings is 1. The number of nitrogens with one attached hydrogen (secondary N) is 1. The van der Waals surface area contributed by atoms with Crippen molar-refractivity contribution >= 4 is 28.8 Å². The Hall–Kier alpha value is -2.54. The van der Waals surface area contributed by atoms with E-state index >= 15 is 0 Å². The topological polar surface area (TPSA) is 46.4 Å². The molecule has 0 aliphatic carbocycles. The fourth-order valence-corrected chi connectivity index (χ4v) is 2.45. The molecule has 4 nitrogen and oxygen atoms in total. The molecule has 2 heterocycles. The zero-order chi connectivity index (χ0) is 17.5. The number of nitrogens with zero attached hydrogens (tertiary/aromatic N) is 2. The largest absolute Gasteiger partial charge is 0.417 e. The molecule has 3 rings (SSSR count). The molecular formula is C16H11ClF3N3O. The average molecular weight is 354 g/mol. The minimum Gasteiger partial charge on any atom is -0.321 e. The predicted molar refractivity (Wildman–Crippen MR) is 84.3 cm³/mol. The summed E-state index contributed by atoms with van der Waals surface area (Å²) in [6.45, 7) is 1.57. The van der Waals surface area contributed by atoms with Gasteiger partial charge in [0.2, 0.25) is 0 Å². The normalized spacial score (nSPS) is 11.7. The number of aryl methyl sites for hydroxylation is 1. The molecule has 0 fully saturated rings. The van der Waals surface area contributed by atoms with Gasteiger partial charge < -0.3 is 5.32 Å². The van der Waals surface area contributed by atoms with Crippen molar-refractivity contribution in [3.8, 4) is 0 Å². The third-order valence-electron chi connectivity index (χ3n) is 3.44. The minimum absolute atomic E-state index is 0.0473. The summed E-state index contributed by atoms with van der Waals surface area (Å²) in [5.74, 6) is -0.554. The van der Waals surface area contributed by atoms with Gasteiger partial charge in [0, 0.05) is 16.9 Å². The number of hydrogen-bond acceptors (Lipinski definition) is 2. The van der Waals surface area contributed by atoms with Crippen LogP contribution in [-0.2, 0) is 6.18 Å². The van der Waals surface area contributed by atoms with E-state index in [4.69, 9.17) is 11.6 Å². The lowest BCUT2D eigenvalue weighted by molar-refractivity contribution is -0.137. The lowest BCUT2D eigenvalue weighted by Crippen LogP contribution is -2.16. The Bertz CT molecular complexity index is 917. The number of carbonyl (C=O) groups excluding carboxylic acids is 1. The number of aromatic nitrogens is 2. The summed E-state index contributed by atoms with van der Waals surface area (Å²) in [7, 11) is 0. The summed E-state index contributed by atoms with van der Waals surface area (Å²) in [5, 5.41) is 3.13. The van der Waals surface area contributed by atoms with E-state index in [9.17, 15) is 18.0 Å². The molecule has 0 atom stereocenters. The van der Waals surface area contributed by atoms with Crippen LogP contribution in [-0.4, -0.2) is 15.3 Å². The van der Waals surface area contributed by atoms with Crippen molar-refractivity contribution < 1.29 is 18.0 Å². The predicted octanol–water partition coefficient (Wildman–Crippen LogP) is 4.57. The van der Waals surface area contributed by atoms with Gasteiger partial charge in [0.15, 0.2) is 0 Å². The van der Waals surface area contributed by atoms with Crippen molar-refractivity contribution in [1.29, 1.82) is 0 Å². The fraction of sp³-hybridized carbons (Fsp3) is 0.125. The van der Waals surface area contributed by atoms with Crippen LogP contribution in [0.1, 0.15) is 21.7 Å². The molecular weight excluding hydrogens is 343 g/mol. The number of imidazole rings is 1. The zero-order valence-corrected chi connectivity index (χ0v) is 13.1. The molecule has 0 saturated carbocycles. The third kappa shape index (κ3) is 3.07. The highest BCUT2D eigenvalue weighted by molar-refractivity contribution is 6.30. The number of fused-ring (bicyclic) bond motifs is 1. The van der Waals surface area contributed by atoms with Crippen LogP contribution in [0.2, 0.25) is 5.02 Å². The minimum atomic E-state index is -4.50. The summed E-state index contributed by atoms with van der Waals surface area (Å²) < 4.78 is 39.8. The van der Waals surface area contributed by atoms with Crippen LogP contribution in [0.15, 0.2) is 42.6 Å². The Kier molecular flexibility index (Phi) is 3.96. The second-order valence-electron chi connectivity index (χ2n) is 5.15. The van der Waals surface area contributed by atoms with Gasteiger partial charge in [0.25, 0.3) is 5.91 Å². The second-order valence-corrected chi connectivity index (χ2v) is 5.59. The SMILES string of the molecule is Cc1nc2ccc(C(F)(F)F)cn2c1C(=O)Nc1ccc(Cl)cc1. The molecule has 24 heavy (non-hydrogen) atoms. The number of halogens is 4. The van der Waals surface area contributed by atoms with Gasteiger partial charge in [0.05, 0.1) is 11.3 Å². The lowest BCUT2D eigenvalue weighted by atomic mass is 10.2. The first-order valence-electron chi connectivity index (χ1n) is 6.88. The summed E-state index contributed by atoms with van der Waals surface area (Å²) in [6.07, 6.45) is -3.64. The Balaban J connectivity index is 2.02. The van der Waals surface area contributed by atoms with E-state index in [1.807, 2.05) is 0 Å². The van der Waals surface area contributed by atoms with E-state index in [1.54, 1.807) is 31.2 Å². The maximum absolute atomic E-state index is 12.9. The Morgan fingerprint density at radius 3 is 2.46 bits per heavy atom. The first kappa shape index (κ1) is 16.3. The standard InChI is InChI=1S/C16H11ClF3N3O/c1-9-14(15(24)22-12-5-3-11(17)4-6-12)23-8-10(16(18,19)20)2-7-13(23)21-9/h2-8H,1H3,(H,22,24). The molecule has 0 spiro atoms. The first-order chi connectivity index (χ1) is 11.3. The average Bonchev–Trinajstić information content (AvgIpc) is 2.83.